The average molecular weight is 243 g/mol. The molecule has 4 nitrogen and oxygen atoms in total. The van der Waals surface area contributed by atoms with E-state index in [9.17, 15) is 4.79 Å². The lowest BCUT2D eigenvalue weighted by atomic mass is 10.1. The number of carbonyl (C=O) groups excluding carboxylic acids is 1. The van der Waals surface area contributed by atoms with Gasteiger partial charge in [0.2, 0.25) is 0 Å². The molecule has 1 saturated heterocycles. The van der Waals surface area contributed by atoms with Crippen molar-refractivity contribution in [2.75, 3.05) is 13.1 Å². The lowest BCUT2D eigenvalue weighted by molar-refractivity contribution is 0.0931. The number of aromatic nitrogens is 1. The molecule has 1 atom stereocenters. The van der Waals surface area contributed by atoms with Crippen molar-refractivity contribution >= 4 is 16.8 Å². The molecule has 18 heavy (non-hydrogen) atoms. The molecule has 0 radical (unpaired) electrons. The molecule has 0 saturated carbocycles. The van der Waals surface area contributed by atoms with Gasteiger partial charge in [0.1, 0.15) is 0 Å². The second-order valence-electron chi connectivity index (χ2n) is 4.80. The first-order valence-corrected chi connectivity index (χ1v) is 6.42. The Balaban J connectivity index is 1.74. The van der Waals surface area contributed by atoms with Crippen molar-refractivity contribution in [1.82, 2.24) is 15.6 Å². The van der Waals surface area contributed by atoms with Gasteiger partial charge in [0.25, 0.3) is 5.91 Å². The molecule has 2 heterocycles. The van der Waals surface area contributed by atoms with Crippen molar-refractivity contribution in [3.8, 4) is 0 Å². The zero-order valence-corrected chi connectivity index (χ0v) is 10.2. The van der Waals surface area contributed by atoms with E-state index in [0.29, 0.717) is 0 Å². The molecule has 0 spiro atoms. The highest BCUT2D eigenvalue weighted by molar-refractivity contribution is 5.98. The number of amides is 1. The predicted molar refractivity (Wildman–Crippen MR) is 71.7 cm³/mol. The third-order valence-electron chi connectivity index (χ3n) is 3.45. The minimum atomic E-state index is 0.0141. The minimum Gasteiger partial charge on any atom is -0.361 e. The Bertz CT molecular complexity index is 555. The van der Waals surface area contributed by atoms with Crippen molar-refractivity contribution in [3.05, 3.63) is 36.0 Å². The van der Waals surface area contributed by atoms with E-state index in [1.165, 1.54) is 0 Å². The molecule has 3 N–H and O–H groups in total. The summed E-state index contributed by atoms with van der Waals surface area (Å²) in [5, 5.41) is 7.50. The third-order valence-corrected chi connectivity index (χ3v) is 3.45. The molecule has 1 aromatic carbocycles. The summed E-state index contributed by atoms with van der Waals surface area (Å²) in [5.74, 6) is 0.0141. The Morgan fingerprint density at radius 3 is 3.11 bits per heavy atom. The van der Waals surface area contributed by atoms with Gasteiger partial charge in [-0.2, -0.15) is 0 Å². The van der Waals surface area contributed by atoms with E-state index in [1.807, 2.05) is 30.5 Å². The maximum absolute atomic E-state index is 12.1. The Morgan fingerprint density at radius 2 is 2.28 bits per heavy atom. The van der Waals surface area contributed by atoms with E-state index in [0.717, 1.165) is 42.4 Å². The molecule has 3 rings (SSSR count). The van der Waals surface area contributed by atoms with Crippen LogP contribution in [0, 0.1) is 0 Å². The second kappa shape index (κ2) is 4.82. The standard InChI is InChI=1S/C14H17N3O/c18-14(17-12-2-1-6-15-9-12)11-4-3-10-5-7-16-13(10)8-11/h3-5,7-8,12,15-16H,1-2,6,9H2,(H,17,18). The van der Waals surface area contributed by atoms with Crippen molar-refractivity contribution < 1.29 is 4.79 Å². The topological polar surface area (TPSA) is 56.9 Å². The molecular weight excluding hydrogens is 226 g/mol. The summed E-state index contributed by atoms with van der Waals surface area (Å²) in [5.41, 5.74) is 1.72. The van der Waals surface area contributed by atoms with Gasteiger partial charge in [-0.1, -0.05) is 6.07 Å². The molecule has 0 aliphatic carbocycles. The van der Waals surface area contributed by atoms with Crippen LogP contribution in [0.25, 0.3) is 10.9 Å². The first-order chi connectivity index (χ1) is 8.83. The second-order valence-corrected chi connectivity index (χ2v) is 4.80. The largest absolute Gasteiger partial charge is 0.361 e. The third kappa shape index (κ3) is 2.24. The predicted octanol–water partition coefficient (Wildman–Crippen LogP) is 1.65. The number of hydrogen-bond donors (Lipinski definition) is 3. The van der Waals surface area contributed by atoms with Crippen LogP contribution in [0.4, 0.5) is 0 Å². The van der Waals surface area contributed by atoms with Gasteiger partial charge in [0.05, 0.1) is 0 Å². The molecule has 1 aromatic heterocycles. The van der Waals surface area contributed by atoms with Gasteiger partial charge in [0, 0.05) is 29.9 Å². The summed E-state index contributed by atoms with van der Waals surface area (Å²) in [7, 11) is 0. The highest BCUT2D eigenvalue weighted by atomic mass is 16.1. The van der Waals surface area contributed by atoms with Crippen molar-refractivity contribution in [2.45, 2.75) is 18.9 Å². The number of rotatable bonds is 2. The number of nitrogens with one attached hydrogen (secondary N) is 3. The summed E-state index contributed by atoms with van der Waals surface area (Å²) < 4.78 is 0. The lowest BCUT2D eigenvalue weighted by Gasteiger charge is -2.23. The average Bonchev–Trinajstić information content (AvgIpc) is 2.87. The molecule has 1 amide bonds. The van der Waals surface area contributed by atoms with E-state index in [-0.39, 0.29) is 11.9 Å². The quantitative estimate of drug-likeness (QED) is 0.751. The van der Waals surface area contributed by atoms with Crippen LogP contribution in [-0.4, -0.2) is 30.0 Å². The molecule has 0 bridgehead atoms. The van der Waals surface area contributed by atoms with Gasteiger partial charge >= 0.3 is 0 Å². The number of carbonyl (C=O) groups is 1. The van der Waals surface area contributed by atoms with E-state index in [4.69, 9.17) is 0 Å². The summed E-state index contributed by atoms with van der Waals surface area (Å²) in [6.07, 6.45) is 4.07. The number of aromatic amines is 1. The van der Waals surface area contributed by atoms with Gasteiger partial charge in [0.15, 0.2) is 0 Å². The van der Waals surface area contributed by atoms with Gasteiger partial charge in [-0.05, 0) is 43.0 Å². The van der Waals surface area contributed by atoms with Crippen LogP contribution >= 0.6 is 0 Å². The zero-order valence-electron chi connectivity index (χ0n) is 10.2. The van der Waals surface area contributed by atoms with Gasteiger partial charge < -0.3 is 15.6 Å². The minimum absolute atomic E-state index is 0.0141. The molecule has 1 fully saturated rings. The fourth-order valence-corrected chi connectivity index (χ4v) is 2.43. The molecule has 1 unspecified atom stereocenters. The first-order valence-electron chi connectivity index (χ1n) is 6.42. The Hall–Kier alpha value is -1.81. The van der Waals surface area contributed by atoms with Crippen molar-refractivity contribution in [2.24, 2.45) is 0 Å². The van der Waals surface area contributed by atoms with Crippen LogP contribution in [0.5, 0.6) is 0 Å². The zero-order chi connectivity index (χ0) is 12.4. The van der Waals surface area contributed by atoms with Crippen LogP contribution in [0.2, 0.25) is 0 Å². The van der Waals surface area contributed by atoms with E-state index in [2.05, 4.69) is 15.6 Å². The maximum atomic E-state index is 12.1. The summed E-state index contributed by atoms with van der Waals surface area (Å²) in [6, 6.07) is 8.01. The Morgan fingerprint density at radius 1 is 1.33 bits per heavy atom. The van der Waals surface area contributed by atoms with E-state index in [1.54, 1.807) is 0 Å². The SMILES string of the molecule is O=C(NC1CCCNC1)c1ccc2cc[nH]c2c1. The molecule has 2 aromatic rings. The maximum Gasteiger partial charge on any atom is 0.251 e. The number of piperidine rings is 1. The molecule has 4 heteroatoms. The summed E-state index contributed by atoms with van der Waals surface area (Å²) in [6.45, 7) is 1.93. The Kier molecular flexibility index (Phi) is 3.02. The van der Waals surface area contributed by atoms with Crippen LogP contribution in [-0.2, 0) is 0 Å². The van der Waals surface area contributed by atoms with Crippen molar-refractivity contribution in [3.63, 3.8) is 0 Å². The van der Waals surface area contributed by atoms with Crippen LogP contribution in [0.15, 0.2) is 30.5 Å². The smallest absolute Gasteiger partial charge is 0.251 e. The summed E-state index contributed by atoms with van der Waals surface area (Å²) >= 11 is 0. The molecule has 94 valence electrons. The number of hydrogen-bond acceptors (Lipinski definition) is 2. The summed E-state index contributed by atoms with van der Waals surface area (Å²) in [4.78, 5) is 15.3. The lowest BCUT2D eigenvalue weighted by Crippen LogP contribution is -2.45. The van der Waals surface area contributed by atoms with Gasteiger partial charge in [-0.15, -0.1) is 0 Å². The highest BCUT2D eigenvalue weighted by Crippen LogP contribution is 2.14. The molecular formula is C14H17N3O. The number of fused-ring (bicyclic) bond motifs is 1. The monoisotopic (exact) mass is 243 g/mol. The fourth-order valence-electron chi connectivity index (χ4n) is 2.43. The van der Waals surface area contributed by atoms with Gasteiger partial charge in [-0.25, -0.2) is 0 Å². The normalized spacial score (nSPS) is 19.9. The Labute approximate surface area is 106 Å². The van der Waals surface area contributed by atoms with E-state index < -0.39 is 0 Å². The fraction of sp³-hybridized carbons (Fsp3) is 0.357. The first kappa shape index (κ1) is 11.3. The molecule has 1 aliphatic rings. The van der Waals surface area contributed by atoms with Crippen LogP contribution < -0.4 is 10.6 Å². The van der Waals surface area contributed by atoms with Crippen LogP contribution in [0.1, 0.15) is 23.2 Å². The van der Waals surface area contributed by atoms with Gasteiger partial charge in [-0.3, -0.25) is 4.79 Å². The highest BCUT2D eigenvalue weighted by Gasteiger charge is 2.16. The van der Waals surface area contributed by atoms with Crippen LogP contribution in [0.3, 0.4) is 0 Å². The van der Waals surface area contributed by atoms with E-state index >= 15 is 0 Å². The van der Waals surface area contributed by atoms with Crippen molar-refractivity contribution in [1.29, 1.82) is 0 Å². The number of benzene rings is 1. The molecule has 1 aliphatic heterocycles. The number of H-pyrrole nitrogens is 1.